The highest BCUT2D eigenvalue weighted by atomic mass is 32.2. The summed E-state index contributed by atoms with van der Waals surface area (Å²) in [7, 11) is 1.22. The molecular formula is C21H20N2O4S. The van der Waals surface area contributed by atoms with Crippen molar-refractivity contribution in [3.05, 3.63) is 81.0 Å². The van der Waals surface area contributed by atoms with Gasteiger partial charge in [-0.15, -0.1) is 11.8 Å². The molecule has 0 bridgehead atoms. The minimum absolute atomic E-state index is 0.439. The van der Waals surface area contributed by atoms with Crippen LogP contribution in [0.5, 0.6) is 0 Å². The third kappa shape index (κ3) is 3.94. The van der Waals surface area contributed by atoms with E-state index < -0.39 is 23.8 Å². The summed E-state index contributed by atoms with van der Waals surface area (Å²) in [6, 6.07) is 16.4. The summed E-state index contributed by atoms with van der Waals surface area (Å²) < 4.78 is 6.94. The van der Waals surface area contributed by atoms with E-state index in [1.54, 1.807) is 11.8 Å². The number of nitrogens with zero attached hydrogens (tertiary/aromatic N) is 2. The van der Waals surface area contributed by atoms with E-state index in [1.165, 1.54) is 17.7 Å². The molecule has 0 fully saturated rings. The molecule has 0 saturated heterocycles. The Kier molecular flexibility index (Phi) is 5.84. The van der Waals surface area contributed by atoms with Crippen LogP contribution in [0.25, 0.3) is 16.9 Å². The number of hydrogen-bond acceptors (Lipinski definition) is 5. The summed E-state index contributed by atoms with van der Waals surface area (Å²) in [5.74, 6) is -0.661. The standard InChI is InChI=1S/C21H20N2O4S/c1-14-4-6-15(7-5-14)18-12-19(24)22(13-20(25)27-2)21(26)23(18)16-8-10-17(28-3)11-9-16/h4-12H,13H2,1-3H3. The van der Waals surface area contributed by atoms with E-state index in [1.807, 2.05) is 61.7 Å². The summed E-state index contributed by atoms with van der Waals surface area (Å²) in [6.45, 7) is 1.53. The van der Waals surface area contributed by atoms with E-state index in [0.717, 1.165) is 20.6 Å². The van der Waals surface area contributed by atoms with E-state index in [-0.39, 0.29) is 0 Å². The minimum Gasteiger partial charge on any atom is -0.468 e. The number of carbonyl (C=O) groups excluding carboxylic acids is 1. The number of esters is 1. The first-order valence-electron chi connectivity index (χ1n) is 8.60. The smallest absolute Gasteiger partial charge is 0.336 e. The topological polar surface area (TPSA) is 70.3 Å². The Bertz CT molecular complexity index is 1110. The van der Waals surface area contributed by atoms with Crippen LogP contribution >= 0.6 is 11.8 Å². The largest absolute Gasteiger partial charge is 0.468 e. The van der Waals surface area contributed by atoms with Crippen molar-refractivity contribution in [2.75, 3.05) is 13.4 Å². The van der Waals surface area contributed by atoms with Crippen molar-refractivity contribution < 1.29 is 9.53 Å². The Morgan fingerprint density at radius 2 is 1.68 bits per heavy atom. The van der Waals surface area contributed by atoms with Gasteiger partial charge >= 0.3 is 11.7 Å². The quantitative estimate of drug-likeness (QED) is 0.490. The molecule has 28 heavy (non-hydrogen) atoms. The van der Waals surface area contributed by atoms with Crippen molar-refractivity contribution in [3.63, 3.8) is 0 Å². The molecule has 6 nitrogen and oxygen atoms in total. The van der Waals surface area contributed by atoms with Gasteiger partial charge in [-0.05, 0) is 43.0 Å². The van der Waals surface area contributed by atoms with Crippen LogP contribution < -0.4 is 11.2 Å². The van der Waals surface area contributed by atoms with Gasteiger partial charge in [-0.1, -0.05) is 29.8 Å². The number of thioether (sulfide) groups is 1. The van der Waals surface area contributed by atoms with Crippen LogP contribution in [0.2, 0.25) is 0 Å². The van der Waals surface area contributed by atoms with Crippen molar-refractivity contribution in [2.24, 2.45) is 0 Å². The van der Waals surface area contributed by atoms with Gasteiger partial charge < -0.3 is 4.74 Å². The number of benzene rings is 2. The molecule has 3 aromatic rings. The fourth-order valence-electron chi connectivity index (χ4n) is 2.83. The second-order valence-corrected chi connectivity index (χ2v) is 7.09. The van der Waals surface area contributed by atoms with Crippen LogP contribution in [0.15, 0.2) is 69.1 Å². The normalized spacial score (nSPS) is 10.7. The lowest BCUT2D eigenvalue weighted by Gasteiger charge is -2.16. The third-order valence-electron chi connectivity index (χ3n) is 4.38. The van der Waals surface area contributed by atoms with Crippen LogP contribution in [0.1, 0.15) is 5.56 Å². The second kappa shape index (κ2) is 8.31. The van der Waals surface area contributed by atoms with Gasteiger partial charge in [0.15, 0.2) is 0 Å². The molecule has 0 aliphatic heterocycles. The van der Waals surface area contributed by atoms with Gasteiger partial charge in [0, 0.05) is 11.0 Å². The fraction of sp³-hybridized carbons (Fsp3) is 0.190. The van der Waals surface area contributed by atoms with E-state index in [0.29, 0.717) is 11.4 Å². The minimum atomic E-state index is -0.661. The summed E-state index contributed by atoms with van der Waals surface area (Å²) in [4.78, 5) is 38.5. The van der Waals surface area contributed by atoms with Crippen molar-refractivity contribution >= 4 is 17.7 Å². The van der Waals surface area contributed by atoms with Crippen molar-refractivity contribution in [3.8, 4) is 16.9 Å². The Balaban J connectivity index is 2.28. The van der Waals surface area contributed by atoms with Gasteiger partial charge in [-0.3, -0.25) is 14.2 Å². The molecule has 3 rings (SSSR count). The predicted molar refractivity (Wildman–Crippen MR) is 110 cm³/mol. The summed E-state index contributed by atoms with van der Waals surface area (Å²) in [5.41, 5.74) is 1.73. The Hall–Kier alpha value is -3.06. The number of rotatable bonds is 5. The SMILES string of the molecule is COC(=O)Cn1c(=O)cc(-c2ccc(C)cc2)n(-c2ccc(SC)cc2)c1=O. The fourth-order valence-corrected chi connectivity index (χ4v) is 3.24. The molecule has 7 heteroatoms. The van der Waals surface area contributed by atoms with Gasteiger partial charge in [0.2, 0.25) is 0 Å². The van der Waals surface area contributed by atoms with Gasteiger partial charge in [-0.25, -0.2) is 9.36 Å². The molecular weight excluding hydrogens is 376 g/mol. The lowest BCUT2D eigenvalue weighted by Crippen LogP contribution is -2.41. The highest BCUT2D eigenvalue weighted by Gasteiger charge is 2.17. The summed E-state index contributed by atoms with van der Waals surface area (Å²) in [5, 5.41) is 0. The van der Waals surface area contributed by atoms with Gasteiger partial charge in [0.25, 0.3) is 5.56 Å². The Labute approximate surface area is 166 Å². The zero-order valence-corrected chi connectivity index (χ0v) is 16.7. The Morgan fingerprint density at radius 3 is 2.25 bits per heavy atom. The number of carbonyl (C=O) groups is 1. The molecule has 0 atom stereocenters. The average Bonchev–Trinajstić information content (AvgIpc) is 2.71. The van der Waals surface area contributed by atoms with Gasteiger partial charge in [0.1, 0.15) is 6.54 Å². The average molecular weight is 396 g/mol. The molecule has 2 aromatic carbocycles. The molecule has 1 aromatic heterocycles. The summed E-state index contributed by atoms with van der Waals surface area (Å²) >= 11 is 1.59. The van der Waals surface area contributed by atoms with Gasteiger partial charge in [-0.2, -0.15) is 0 Å². The summed E-state index contributed by atoms with van der Waals surface area (Å²) in [6.07, 6.45) is 1.97. The number of methoxy groups -OCH3 is 1. The zero-order valence-electron chi connectivity index (χ0n) is 15.8. The molecule has 0 aliphatic rings. The van der Waals surface area contributed by atoms with E-state index in [2.05, 4.69) is 4.74 Å². The molecule has 0 spiro atoms. The van der Waals surface area contributed by atoms with Crippen LogP contribution in [-0.2, 0) is 16.1 Å². The van der Waals surface area contributed by atoms with Crippen molar-refractivity contribution in [1.29, 1.82) is 0 Å². The predicted octanol–water partition coefficient (Wildman–Crippen LogP) is 2.87. The van der Waals surface area contributed by atoms with Crippen molar-refractivity contribution in [2.45, 2.75) is 18.4 Å². The molecule has 0 radical (unpaired) electrons. The monoisotopic (exact) mass is 396 g/mol. The highest BCUT2D eigenvalue weighted by molar-refractivity contribution is 7.98. The van der Waals surface area contributed by atoms with E-state index in [9.17, 15) is 14.4 Å². The maximum absolute atomic E-state index is 13.2. The van der Waals surface area contributed by atoms with Crippen LogP contribution in [0.3, 0.4) is 0 Å². The molecule has 0 saturated carbocycles. The first kappa shape index (κ1) is 19.7. The molecule has 0 aliphatic carbocycles. The van der Waals surface area contributed by atoms with E-state index >= 15 is 0 Å². The van der Waals surface area contributed by atoms with Crippen LogP contribution in [-0.4, -0.2) is 28.5 Å². The van der Waals surface area contributed by atoms with Gasteiger partial charge in [0.05, 0.1) is 18.5 Å². The van der Waals surface area contributed by atoms with Crippen LogP contribution in [0.4, 0.5) is 0 Å². The lowest BCUT2D eigenvalue weighted by atomic mass is 10.1. The molecule has 0 unspecified atom stereocenters. The number of hydrogen-bond donors (Lipinski definition) is 0. The first-order valence-corrected chi connectivity index (χ1v) is 9.82. The van der Waals surface area contributed by atoms with Crippen molar-refractivity contribution in [1.82, 2.24) is 9.13 Å². The number of aryl methyl sites for hydroxylation is 1. The number of aromatic nitrogens is 2. The second-order valence-electron chi connectivity index (χ2n) is 6.21. The maximum Gasteiger partial charge on any atom is 0.336 e. The first-order chi connectivity index (χ1) is 13.4. The van der Waals surface area contributed by atoms with Crippen LogP contribution in [0, 0.1) is 6.92 Å². The highest BCUT2D eigenvalue weighted by Crippen LogP contribution is 2.22. The van der Waals surface area contributed by atoms with E-state index in [4.69, 9.17) is 0 Å². The maximum atomic E-state index is 13.2. The number of ether oxygens (including phenoxy) is 1. The third-order valence-corrected chi connectivity index (χ3v) is 5.13. The molecule has 0 amide bonds. The molecule has 1 heterocycles. The Morgan fingerprint density at radius 1 is 1.04 bits per heavy atom. The zero-order chi connectivity index (χ0) is 20.3. The molecule has 0 N–H and O–H groups in total. The lowest BCUT2D eigenvalue weighted by molar-refractivity contribution is -0.141. The molecule has 144 valence electrons.